The average molecular weight is 353 g/mol. The van der Waals surface area contributed by atoms with Crippen LogP contribution in [0, 0.1) is 0 Å². The van der Waals surface area contributed by atoms with Gasteiger partial charge in [-0.2, -0.15) is 0 Å². The van der Waals surface area contributed by atoms with E-state index in [1.54, 1.807) is 0 Å². The highest BCUT2D eigenvalue weighted by Crippen LogP contribution is 2.33. The zero-order valence-corrected chi connectivity index (χ0v) is 15.6. The van der Waals surface area contributed by atoms with Gasteiger partial charge in [0.15, 0.2) is 0 Å². The third-order valence-corrected chi connectivity index (χ3v) is 4.70. The summed E-state index contributed by atoms with van der Waals surface area (Å²) in [4.78, 5) is 18.4. The van der Waals surface area contributed by atoms with Crippen LogP contribution in [-0.2, 0) is 17.9 Å². The Kier molecular flexibility index (Phi) is 6.23. The molecule has 3 rings (SSSR count). The molecule has 2 aromatic rings. The van der Waals surface area contributed by atoms with Crippen LogP contribution in [0.5, 0.6) is 5.75 Å². The highest BCUT2D eigenvalue weighted by molar-refractivity contribution is 5.72. The standard InChI is InChI=1S/C21H27N3O2/c1-3-26-21-12-5-4-8-17(21)15-24-13-7-11-20(24)19-10-6-9-18(23-19)14-22-16(2)25/h4-6,8-10,12,20H,3,7,11,13-15H2,1-2H3,(H,22,25)/t20-/m0/s1. The highest BCUT2D eigenvalue weighted by atomic mass is 16.5. The van der Waals surface area contributed by atoms with Crippen molar-refractivity contribution < 1.29 is 9.53 Å². The molecule has 1 aromatic carbocycles. The molecule has 1 saturated heterocycles. The van der Waals surface area contributed by atoms with E-state index in [1.807, 2.05) is 31.2 Å². The van der Waals surface area contributed by atoms with Crippen LogP contribution in [0.1, 0.15) is 49.7 Å². The van der Waals surface area contributed by atoms with Crippen molar-refractivity contribution in [2.24, 2.45) is 0 Å². The molecule has 0 bridgehead atoms. The summed E-state index contributed by atoms with van der Waals surface area (Å²) in [6, 6.07) is 14.7. The van der Waals surface area contributed by atoms with Gasteiger partial charge in [0.1, 0.15) is 5.75 Å². The number of benzene rings is 1. The molecule has 0 aliphatic carbocycles. The summed E-state index contributed by atoms with van der Waals surface area (Å²) in [5.74, 6) is 0.931. The van der Waals surface area contributed by atoms with Gasteiger partial charge >= 0.3 is 0 Å². The van der Waals surface area contributed by atoms with Crippen LogP contribution >= 0.6 is 0 Å². The second kappa shape index (κ2) is 8.81. The third kappa shape index (κ3) is 4.61. The smallest absolute Gasteiger partial charge is 0.217 e. The lowest BCUT2D eigenvalue weighted by Crippen LogP contribution is -2.25. The van der Waals surface area contributed by atoms with Crippen molar-refractivity contribution in [1.29, 1.82) is 0 Å². The third-order valence-electron chi connectivity index (χ3n) is 4.70. The van der Waals surface area contributed by atoms with Crippen molar-refractivity contribution in [3.63, 3.8) is 0 Å². The minimum atomic E-state index is -0.0350. The molecule has 2 heterocycles. The number of amides is 1. The van der Waals surface area contributed by atoms with E-state index < -0.39 is 0 Å². The molecular weight excluding hydrogens is 326 g/mol. The first-order chi connectivity index (χ1) is 12.7. The Morgan fingerprint density at radius 1 is 1.27 bits per heavy atom. The number of hydrogen-bond donors (Lipinski definition) is 1. The van der Waals surface area contributed by atoms with Gasteiger partial charge in [-0.1, -0.05) is 24.3 Å². The Hall–Kier alpha value is -2.40. The van der Waals surface area contributed by atoms with Crippen LogP contribution < -0.4 is 10.1 Å². The number of carbonyl (C=O) groups excluding carboxylic acids is 1. The molecule has 1 aliphatic rings. The number of aromatic nitrogens is 1. The van der Waals surface area contributed by atoms with E-state index in [9.17, 15) is 4.79 Å². The lowest BCUT2D eigenvalue weighted by atomic mass is 10.1. The van der Waals surface area contributed by atoms with E-state index in [0.717, 1.165) is 36.6 Å². The molecule has 26 heavy (non-hydrogen) atoms. The summed E-state index contributed by atoms with van der Waals surface area (Å²) in [5.41, 5.74) is 3.20. The largest absolute Gasteiger partial charge is 0.494 e. The first-order valence-electron chi connectivity index (χ1n) is 9.32. The summed E-state index contributed by atoms with van der Waals surface area (Å²) >= 11 is 0. The van der Waals surface area contributed by atoms with Crippen LogP contribution in [0.15, 0.2) is 42.5 Å². The molecule has 0 saturated carbocycles. The summed E-state index contributed by atoms with van der Waals surface area (Å²) < 4.78 is 5.78. The van der Waals surface area contributed by atoms with Crippen LogP contribution in [-0.4, -0.2) is 28.9 Å². The molecule has 1 aromatic heterocycles. The Morgan fingerprint density at radius 2 is 2.12 bits per heavy atom. The van der Waals surface area contributed by atoms with E-state index >= 15 is 0 Å². The average Bonchev–Trinajstić information content (AvgIpc) is 3.10. The fraction of sp³-hybridized carbons (Fsp3) is 0.429. The quantitative estimate of drug-likeness (QED) is 0.828. The van der Waals surface area contributed by atoms with E-state index in [2.05, 4.69) is 28.4 Å². The number of hydrogen-bond acceptors (Lipinski definition) is 4. The predicted molar refractivity (Wildman–Crippen MR) is 102 cm³/mol. The monoisotopic (exact) mass is 353 g/mol. The van der Waals surface area contributed by atoms with Gasteiger partial charge in [0.25, 0.3) is 0 Å². The lowest BCUT2D eigenvalue weighted by molar-refractivity contribution is -0.119. The fourth-order valence-corrected chi connectivity index (χ4v) is 3.50. The molecule has 1 N–H and O–H groups in total. The fourth-order valence-electron chi connectivity index (χ4n) is 3.50. The van der Waals surface area contributed by atoms with Crippen molar-refractivity contribution in [2.45, 2.75) is 45.8 Å². The van der Waals surface area contributed by atoms with Gasteiger partial charge in [0.05, 0.1) is 30.6 Å². The maximum atomic E-state index is 11.1. The first kappa shape index (κ1) is 18.4. The molecule has 1 aliphatic heterocycles. The molecule has 0 spiro atoms. The van der Waals surface area contributed by atoms with E-state index in [0.29, 0.717) is 19.2 Å². The number of likely N-dealkylation sites (tertiary alicyclic amines) is 1. The van der Waals surface area contributed by atoms with Crippen LogP contribution in [0.2, 0.25) is 0 Å². The molecule has 5 heteroatoms. The van der Waals surface area contributed by atoms with Gasteiger partial charge < -0.3 is 10.1 Å². The number of para-hydroxylation sites is 1. The Labute approximate surface area is 155 Å². The number of ether oxygens (including phenoxy) is 1. The number of nitrogens with zero attached hydrogens (tertiary/aromatic N) is 2. The maximum Gasteiger partial charge on any atom is 0.217 e. The van der Waals surface area contributed by atoms with Crippen LogP contribution in [0.25, 0.3) is 0 Å². The normalized spacial score (nSPS) is 17.2. The summed E-state index contributed by atoms with van der Waals surface area (Å²) in [6.07, 6.45) is 2.27. The lowest BCUT2D eigenvalue weighted by Gasteiger charge is -2.25. The van der Waals surface area contributed by atoms with E-state index in [1.165, 1.54) is 18.9 Å². The van der Waals surface area contributed by atoms with E-state index in [-0.39, 0.29) is 5.91 Å². The Morgan fingerprint density at radius 3 is 2.92 bits per heavy atom. The predicted octanol–water partition coefficient (Wildman–Crippen LogP) is 3.45. The van der Waals surface area contributed by atoms with Crippen molar-refractivity contribution in [3.05, 3.63) is 59.4 Å². The second-order valence-corrected chi connectivity index (χ2v) is 6.63. The molecular formula is C21H27N3O2. The summed E-state index contributed by atoms with van der Waals surface area (Å²) in [7, 11) is 0. The minimum Gasteiger partial charge on any atom is -0.494 e. The number of rotatable bonds is 7. The molecule has 138 valence electrons. The Balaban J connectivity index is 1.74. The molecule has 0 unspecified atom stereocenters. The Bertz CT molecular complexity index is 748. The van der Waals surface area contributed by atoms with Crippen LogP contribution in [0.3, 0.4) is 0 Å². The van der Waals surface area contributed by atoms with Crippen molar-refractivity contribution in [3.8, 4) is 5.75 Å². The van der Waals surface area contributed by atoms with E-state index in [4.69, 9.17) is 9.72 Å². The molecule has 0 radical (unpaired) electrons. The minimum absolute atomic E-state index is 0.0350. The molecule has 1 fully saturated rings. The topological polar surface area (TPSA) is 54.5 Å². The van der Waals surface area contributed by atoms with Crippen molar-refractivity contribution in [2.75, 3.05) is 13.2 Å². The second-order valence-electron chi connectivity index (χ2n) is 6.63. The maximum absolute atomic E-state index is 11.1. The zero-order chi connectivity index (χ0) is 18.4. The van der Waals surface area contributed by atoms with Gasteiger partial charge in [0.2, 0.25) is 5.91 Å². The molecule has 5 nitrogen and oxygen atoms in total. The summed E-state index contributed by atoms with van der Waals surface area (Å²) in [5, 5.41) is 2.82. The van der Waals surface area contributed by atoms with Gasteiger partial charge in [-0.25, -0.2) is 0 Å². The number of pyridine rings is 1. The van der Waals surface area contributed by atoms with Crippen molar-refractivity contribution >= 4 is 5.91 Å². The van der Waals surface area contributed by atoms with Crippen LogP contribution in [0.4, 0.5) is 0 Å². The van der Waals surface area contributed by atoms with Gasteiger partial charge in [0, 0.05) is 19.0 Å². The van der Waals surface area contributed by atoms with Crippen molar-refractivity contribution in [1.82, 2.24) is 15.2 Å². The van der Waals surface area contributed by atoms with Gasteiger partial charge in [-0.3, -0.25) is 14.7 Å². The summed E-state index contributed by atoms with van der Waals surface area (Å²) in [6.45, 7) is 6.61. The zero-order valence-electron chi connectivity index (χ0n) is 15.6. The SMILES string of the molecule is CCOc1ccccc1CN1CCC[C@H]1c1cccc(CNC(C)=O)n1. The van der Waals surface area contributed by atoms with Gasteiger partial charge in [-0.15, -0.1) is 0 Å². The highest BCUT2D eigenvalue weighted by Gasteiger charge is 2.27. The molecule has 1 amide bonds. The first-order valence-corrected chi connectivity index (χ1v) is 9.32. The molecule has 1 atom stereocenters. The number of nitrogens with one attached hydrogen (secondary N) is 1. The van der Waals surface area contributed by atoms with Gasteiger partial charge in [-0.05, 0) is 44.5 Å². The number of carbonyl (C=O) groups is 1.